The minimum atomic E-state index is -1.79. The van der Waals surface area contributed by atoms with E-state index in [9.17, 15) is 29.1 Å². The first-order chi connectivity index (χ1) is 23.3. The molecule has 0 aliphatic carbocycles. The van der Waals surface area contributed by atoms with E-state index in [-0.39, 0.29) is 26.1 Å². The Kier molecular flexibility index (Phi) is 14.8. The first-order valence-corrected chi connectivity index (χ1v) is 16.2. The van der Waals surface area contributed by atoms with Crippen LogP contribution in [0.5, 0.6) is 0 Å². The number of hydrogen-bond acceptors (Lipinski definition) is 7. The number of ether oxygens (including phenoxy) is 1. The third-order valence-electron chi connectivity index (χ3n) is 7.38. The Bertz CT molecular complexity index is 1510. The quantitative estimate of drug-likeness (QED) is 0.146. The average Bonchev–Trinajstić information content (AvgIpc) is 3.06. The van der Waals surface area contributed by atoms with Crippen molar-refractivity contribution in [3.8, 4) is 0 Å². The van der Waals surface area contributed by atoms with Gasteiger partial charge in [0.2, 0.25) is 17.7 Å². The molecule has 0 saturated carbocycles. The number of benzene rings is 3. The molecule has 3 atom stereocenters. The van der Waals surface area contributed by atoms with E-state index in [2.05, 4.69) is 16.0 Å². The topological polar surface area (TPSA) is 180 Å². The van der Waals surface area contributed by atoms with E-state index < -0.39 is 59.9 Å². The molecule has 262 valence electrons. The van der Waals surface area contributed by atoms with Gasteiger partial charge in [0.05, 0.1) is 19.0 Å². The SMILES string of the molecule is CC(C)(C)NC(=O)CN(CCCc1ccccc1)C(=O)C(O)C(Cc1ccccc1)NC(=O)C(CC(N)=O)NC(=O)OCc1ccccc1. The molecular weight excluding hydrogens is 626 g/mol. The van der Waals surface area contributed by atoms with Gasteiger partial charge in [0.1, 0.15) is 12.6 Å². The molecule has 0 heterocycles. The molecule has 12 heteroatoms. The molecule has 0 spiro atoms. The Morgan fingerprint density at radius 1 is 0.816 bits per heavy atom. The number of aryl methyl sites for hydroxylation is 1. The van der Waals surface area contributed by atoms with Crippen molar-refractivity contribution in [3.05, 3.63) is 108 Å². The van der Waals surface area contributed by atoms with Crippen LogP contribution in [0.4, 0.5) is 4.79 Å². The van der Waals surface area contributed by atoms with Gasteiger partial charge in [-0.2, -0.15) is 0 Å². The van der Waals surface area contributed by atoms with E-state index in [4.69, 9.17) is 10.5 Å². The molecule has 0 radical (unpaired) electrons. The summed E-state index contributed by atoms with van der Waals surface area (Å²) < 4.78 is 5.22. The molecule has 3 unspecified atom stereocenters. The van der Waals surface area contributed by atoms with Crippen LogP contribution in [-0.2, 0) is 43.4 Å². The van der Waals surface area contributed by atoms with Crippen LogP contribution in [0.25, 0.3) is 0 Å². The van der Waals surface area contributed by atoms with Crippen molar-refractivity contribution in [2.45, 2.75) is 76.8 Å². The van der Waals surface area contributed by atoms with E-state index in [1.807, 2.05) is 57.2 Å². The van der Waals surface area contributed by atoms with Gasteiger partial charge in [0.25, 0.3) is 5.91 Å². The van der Waals surface area contributed by atoms with Crippen LogP contribution in [0.15, 0.2) is 91.0 Å². The number of rotatable bonds is 17. The zero-order valence-corrected chi connectivity index (χ0v) is 28.3. The lowest BCUT2D eigenvalue weighted by molar-refractivity contribution is -0.145. The molecule has 0 aliphatic rings. The van der Waals surface area contributed by atoms with Crippen LogP contribution in [0.3, 0.4) is 0 Å². The van der Waals surface area contributed by atoms with E-state index in [0.717, 1.165) is 5.56 Å². The fourth-order valence-corrected chi connectivity index (χ4v) is 5.09. The number of nitrogens with one attached hydrogen (secondary N) is 3. The van der Waals surface area contributed by atoms with E-state index in [0.29, 0.717) is 24.0 Å². The van der Waals surface area contributed by atoms with Crippen LogP contribution in [-0.4, -0.2) is 76.5 Å². The van der Waals surface area contributed by atoms with Crippen LogP contribution >= 0.6 is 0 Å². The number of carbonyl (C=O) groups is 5. The fourth-order valence-electron chi connectivity index (χ4n) is 5.09. The maximum Gasteiger partial charge on any atom is 0.408 e. The van der Waals surface area contributed by atoms with Gasteiger partial charge in [0, 0.05) is 12.1 Å². The number of carbonyl (C=O) groups excluding carboxylic acids is 5. The Balaban J connectivity index is 1.80. The normalized spacial score (nSPS) is 12.9. The maximum absolute atomic E-state index is 13.9. The second-order valence-corrected chi connectivity index (χ2v) is 12.8. The lowest BCUT2D eigenvalue weighted by Gasteiger charge is -2.31. The van der Waals surface area contributed by atoms with Gasteiger partial charge in [-0.3, -0.25) is 19.2 Å². The molecule has 6 N–H and O–H groups in total. The molecule has 0 aliphatic heterocycles. The first-order valence-electron chi connectivity index (χ1n) is 16.2. The number of hydrogen-bond donors (Lipinski definition) is 5. The summed E-state index contributed by atoms with van der Waals surface area (Å²) in [6.07, 6.45) is -2.15. The summed E-state index contributed by atoms with van der Waals surface area (Å²) in [5.41, 5.74) is 7.30. The van der Waals surface area contributed by atoms with Gasteiger partial charge in [-0.05, 0) is 56.7 Å². The average molecular weight is 674 g/mol. The zero-order valence-electron chi connectivity index (χ0n) is 28.3. The number of nitrogens with zero attached hydrogens (tertiary/aromatic N) is 1. The Morgan fingerprint density at radius 2 is 1.37 bits per heavy atom. The predicted octanol–water partition coefficient (Wildman–Crippen LogP) is 2.62. The molecule has 49 heavy (non-hydrogen) atoms. The van der Waals surface area contributed by atoms with Crippen molar-refractivity contribution in [2.24, 2.45) is 5.73 Å². The number of primary amides is 1. The van der Waals surface area contributed by atoms with Crippen LogP contribution < -0.4 is 21.7 Å². The summed E-state index contributed by atoms with van der Waals surface area (Å²) >= 11 is 0. The van der Waals surface area contributed by atoms with E-state index in [1.54, 1.807) is 54.6 Å². The van der Waals surface area contributed by atoms with E-state index >= 15 is 0 Å². The molecule has 5 amide bonds. The van der Waals surface area contributed by atoms with Crippen molar-refractivity contribution >= 4 is 29.7 Å². The van der Waals surface area contributed by atoms with Crippen molar-refractivity contribution in [1.29, 1.82) is 0 Å². The van der Waals surface area contributed by atoms with Crippen molar-refractivity contribution in [3.63, 3.8) is 0 Å². The highest BCUT2D eigenvalue weighted by molar-refractivity contribution is 5.92. The highest BCUT2D eigenvalue weighted by Gasteiger charge is 2.35. The summed E-state index contributed by atoms with van der Waals surface area (Å²) in [6.45, 7) is 5.23. The molecule has 0 aromatic heterocycles. The minimum absolute atomic E-state index is 0.0211. The third-order valence-corrected chi connectivity index (χ3v) is 7.38. The van der Waals surface area contributed by atoms with Crippen LogP contribution in [0, 0.1) is 0 Å². The van der Waals surface area contributed by atoms with Crippen LogP contribution in [0.2, 0.25) is 0 Å². The van der Waals surface area contributed by atoms with Crippen molar-refractivity contribution in [2.75, 3.05) is 13.1 Å². The number of amides is 5. The molecule has 3 aromatic rings. The van der Waals surface area contributed by atoms with Gasteiger partial charge < -0.3 is 36.4 Å². The summed E-state index contributed by atoms with van der Waals surface area (Å²) in [6, 6.07) is 24.8. The lowest BCUT2D eigenvalue weighted by atomic mass is 9.99. The van der Waals surface area contributed by atoms with Gasteiger partial charge in [-0.1, -0.05) is 91.0 Å². The maximum atomic E-state index is 13.9. The molecule has 0 fully saturated rings. The van der Waals surface area contributed by atoms with Crippen molar-refractivity contribution in [1.82, 2.24) is 20.9 Å². The molecular formula is C37H47N5O7. The first kappa shape index (κ1) is 38.2. The van der Waals surface area contributed by atoms with E-state index in [1.165, 1.54) is 4.90 Å². The summed E-state index contributed by atoms with van der Waals surface area (Å²) in [5.74, 6) is -2.89. The molecule has 3 aromatic carbocycles. The molecule has 0 saturated heterocycles. The highest BCUT2D eigenvalue weighted by atomic mass is 16.5. The monoisotopic (exact) mass is 673 g/mol. The highest BCUT2D eigenvalue weighted by Crippen LogP contribution is 2.12. The zero-order chi connectivity index (χ0) is 35.8. The predicted molar refractivity (Wildman–Crippen MR) is 185 cm³/mol. The Labute approximate surface area is 287 Å². The summed E-state index contributed by atoms with van der Waals surface area (Å²) in [5, 5.41) is 19.4. The molecule has 12 nitrogen and oxygen atoms in total. The molecule has 0 bridgehead atoms. The van der Waals surface area contributed by atoms with Crippen LogP contribution in [0.1, 0.15) is 50.3 Å². The smallest absolute Gasteiger partial charge is 0.408 e. The van der Waals surface area contributed by atoms with Gasteiger partial charge in [-0.15, -0.1) is 0 Å². The Morgan fingerprint density at radius 3 is 1.92 bits per heavy atom. The second kappa shape index (κ2) is 18.9. The summed E-state index contributed by atoms with van der Waals surface area (Å²) in [4.78, 5) is 66.2. The van der Waals surface area contributed by atoms with Gasteiger partial charge >= 0.3 is 6.09 Å². The largest absolute Gasteiger partial charge is 0.445 e. The summed E-state index contributed by atoms with van der Waals surface area (Å²) in [7, 11) is 0. The number of alkyl carbamates (subject to hydrolysis) is 1. The second-order valence-electron chi connectivity index (χ2n) is 12.8. The lowest BCUT2D eigenvalue weighted by Crippen LogP contribution is -2.58. The number of aliphatic hydroxyl groups excluding tert-OH is 1. The molecule has 3 rings (SSSR count). The number of nitrogens with two attached hydrogens (primary N) is 1. The number of aliphatic hydroxyl groups is 1. The fraction of sp³-hybridized carbons (Fsp3) is 0.378. The van der Waals surface area contributed by atoms with Gasteiger partial charge in [-0.25, -0.2) is 4.79 Å². The Hall–Kier alpha value is -5.23. The minimum Gasteiger partial charge on any atom is -0.445 e. The third kappa shape index (κ3) is 14.2. The standard InChI is InChI=1S/C37H47N5O7/c1-37(2,3)41-32(44)24-42(21-13-20-26-14-7-4-8-15-26)35(47)33(45)29(22-27-16-9-5-10-17-27)39-34(46)30(23-31(38)43)40-36(48)49-25-28-18-11-6-12-19-28/h4-12,14-19,29-30,33,45H,13,20-25H2,1-3H3,(H2,38,43)(H,39,46)(H,40,48)(H,41,44). The van der Waals surface area contributed by atoms with Crippen molar-refractivity contribution < 1.29 is 33.8 Å². The van der Waals surface area contributed by atoms with Gasteiger partial charge in [0.15, 0.2) is 6.10 Å².